The van der Waals surface area contributed by atoms with Gasteiger partial charge in [0.25, 0.3) is 0 Å². The summed E-state index contributed by atoms with van der Waals surface area (Å²) in [6.07, 6.45) is 0. The van der Waals surface area contributed by atoms with Crippen molar-refractivity contribution in [1.82, 2.24) is 0 Å². The minimum absolute atomic E-state index is 0.162. The number of rotatable bonds is 4. The van der Waals surface area contributed by atoms with E-state index in [2.05, 4.69) is 0 Å². The summed E-state index contributed by atoms with van der Waals surface area (Å²) in [5.41, 5.74) is 19.5. The third-order valence-corrected chi connectivity index (χ3v) is 2.72. The van der Waals surface area contributed by atoms with Crippen LogP contribution in [0.1, 0.15) is 11.6 Å². The van der Waals surface area contributed by atoms with Crippen molar-refractivity contribution in [1.29, 1.82) is 0 Å². The molecule has 0 amide bonds. The van der Waals surface area contributed by atoms with Crippen molar-refractivity contribution in [2.75, 3.05) is 18.1 Å². The van der Waals surface area contributed by atoms with Crippen molar-refractivity contribution in [2.24, 2.45) is 5.73 Å². The fraction of sp³-hybridized carbons (Fsp3) is 0.143. The molecule has 0 aliphatic carbocycles. The highest BCUT2D eigenvalue weighted by molar-refractivity contribution is 5.65. The molecule has 0 heterocycles. The van der Waals surface area contributed by atoms with Gasteiger partial charge in [0.1, 0.15) is 12.4 Å². The first-order valence-electron chi connectivity index (χ1n) is 5.75. The Hall–Kier alpha value is -2.20. The van der Waals surface area contributed by atoms with Crippen LogP contribution in [0.5, 0.6) is 5.75 Å². The Labute approximate surface area is 106 Å². The Morgan fingerprint density at radius 1 is 0.944 bits per heavy atom. The van der Waals surface area contributed by atoms with E-state index in [4.69, 9.17) is 21.9 Å². The second-order valence-corrected chi connectivity index (χ2v) is 4.12. The topological polar surface area (TPSA) is 87.3 Å². The normalized spacial score (nSPS) is 12.1. The van der Waals surface area contributed by atoms with Crippen LogP contribution < -0.4 is 21.9 Å². The molecular formula is C14H17N3O. The maximum Gasteiger partial charge on any atom is 0.121 e. The summed E-state index contributed by atoms with van der Waals surface area (Å²) in [6.45, 7) is 0.396. The lowest BCUT2D eigenvalue weighted by molar-refractivity contribution is 0.291. The van der Waals surface area contributed by atoms with Crippen molar-refractivity contribution in [3.05, 3.63) is 54.1 Å². The van der Waals surface area contributed by atoms with Crippen LogP contribution >= 0.6 is 0 Å². The third kappa shape index (κ3) is 2.93. The highest BCUT2D eigenvalue weighted by Gasteiger charge is 2.06. The lowest BCUT2D eigenvalue weighted by Crippen LogP contribution is -2.18. The van der Waals surface area contributed by atoms with Crippen molar-refractivity contribution >= 4 is 11.4 Å². The Balaban J connectivity index is 1.97. The van der Waals surface area contributed by atoms with Gasteiger partial charge in [-0.05, 0) is 17.7 Å². The van der Waals surface area contributed by atoms with Crippen LogP contribution in [0.3, 0.4) is 0 Å². The second kappa shape index (κ2) is 5.42. The van der Waals surface area contributed by atoms with Gasteiger partial charge in [-0.2, -0.15) is 0 Å². The number of hydrogen-bond donors (Lipinski definition) is 3. The maximum atomic E-state index is 6.03. The minimum Gasteiger partial charge on any atom is -0.492 e. The molecule has 0 saturated carbocycles. The quantitative estimate of drug-likeness (QED) is 0.716. The standard InChI is InChI=1S/C14H17N3O/c15-12-7-6-11(8-13(12)16)18-9-14(17)10-4-2-1-3-5-10/h1-8,14H,9,15-17H2. The summed E-state index contributed by atoms with van der Waals surface area (Å²) in [4.78, 5) is 0. The zero-order chi connectivity index (χ0) is 13.0. The van der Waals surface area contributed by atoms with Gasteiger partial charge < -0.3 is 21.9 Å². The molecule has 1 atom stereocenters. The molecule has 0 aliphatic heterocycles. The summed E-state index contributed by atoms with van der Waals surface area (Å²) in [7, 11) is 0. The second-order valence-electron chi connectivity index (χ2n) is 4.12. The van der Waals surface area contributed by atoms with Gasteiger partial charge in [-0.15, -0.1) is 0 Å². The zero-order valence-corrected chi connectivity index (χ0v) is 10.0. The average Bonchev–Trinajstić information content (AvgIpc) is 2.41. The van der Waals surface area contributed by atoms with E-state index in [1.807, 2.05) is 30.3 Å². The molecule has 94 valence electrons. The number of ether oxygens (including phenoxy) is 1. The molecule has 18 heavy (non-hydrogen) atoms. The summed E-state index contributed by atoms with van der Waals surface area (Å²) in [5.74, 6) is 0.674. The predicted octanol–water partition coefficient (Wildman–Crippen LogP) is 1.93. The molecule has 1 unspecified atom stereocenters. The monoisotopic (exact) mass is 243 g/mol. The van der Waals surface area contributed by atoms with Crippen molar-refractivity contribution in [3.8, 4) is 5.75 Å². The van der Waals surface area contributed by atoms with E-state index >= 15 is 0 Å². The molecule has 0 aliphatic rings. The summed E-state index contributed by atoms with van der Waals surface area (Å²) < 4.78 is 5.60. The molecule has 2 aromatic carbocycles. The maximum absolute atomic E-state index is 6.03. The van der Waals surface area contributed by atoms with Crippen LogP contribution in [-0.2, 0) is 0 Å². The summed E-state index contributed by atoms with van der Waals surface area (Å²) >= 11 is 0. The summed E-state index contributed by atoms with van der Waals surface area (Å²) in [5, 5.41) is 0. The molecule has 4 heteroatoms. The molecule has 0 spiro atoms. The highest BCUT2D eigenvalue weighted by Crippen LogP contribution is 2.22. The molecule has 0 saturated heterocycles. The number of hydrogen-bond acceptors (Lipinski definition) is 4. The first-order valence-corrected chi connectivity index (χ1v) is 5.75. The fourth-order valence-electron chi connectivity index (χ4n) is 1.63. The van der Waals surface area contributed by atoms with Gasteiger partial charge in [0.05, 0.1) is 17.4 Å². The van der Waals surface area contributed by atoms with E-state index in [-0.39, 0.29) is 6.04 Å². The number of benzene rings is 2. The number of nitrogens with two attached hydrogens (primary N) is 3. The van der Waals surface area contributed by atoms with Crippen LogP contribution in [-0.4, -0.2) is 6.61 Å². The number of nitrogen functional groups attached to an aromatic ring is 2. The molecule has 0 radical (unpaired) electrons. The van der Waals surface area contributed by atoms with Crippen molar-refractivity contribution < 1.29 is 4.74 Å². The first kappa shape index (κ1) is 12.3. The van der Waals surface area contributed by atoms with E-state index in [0.717, 1.165) is 5.56 Å². The largest absolute Gasteiger partial charge is 0.492 e. The van der Waals surface area contributed by atoms with Crippen LogP contribution in [0.25, 0.3) is 0 Å². The molecule has 0 aromatic heterocycles. The Kier molecular flexibility index (Phi) is 3.69. The van der Waals surface area contributed by atoms with Crippen LogP contribution in [0.4, 0.5) is 11.4 Å². The summed E-state index contributed by atoms with van der Waals surface area (Å²) in [6, 6.07) is 14.9. The van der Waals surface area contributed by atoms with E-state index in [9.17, 15) is 0 Å². The minimum atomic E-state index is -0.162. The van der Waals surface area contributed by atoms with E-state index in [1.54, 1.807) is 18.2 Å². The molecule has 0 bridgehead atoms. The number of anilines is 2. The van der Waals surface area contributed by atoms with Gasteiger partial charge in [0, 0.05) is 6.07 Å². The smallest absolute Gasteiger partial charge is 0.121 e. The van der Waals surface area contributed by atoms with Crippen LogP contribution in [0, 0.1) is 0 Å². The van der Waals surface area contributed by atoms with Gasteiger partial charge in [-0.3, -0.25) is 0 Å². The van der Waals surface area contributed by atoms with Gasteiger partial charge >= 0.3 is 0 Å². The average molecular weight is 243 g/mol. The van der Waals surface area contributed by atoms with Crippen molar-refractivity contribution in [3.63, 3.8) is 0 Å². The predicted molar refractivity (Wildman–Crippen MR) is 74.1 cm³/mol. The molecule has 2 rings (SSSR count). The third-order valence-electron chi connectivity index (χ3n) is 2.72. The molecule has 4 nitrogen and oxygen atoms in total. The molecule has 6 N–H and O–H groups in total. The van der Waals surface area contributed by atoms with E-state index in [1.165, 1.54) is 0 Å². The highest BCUT2D eigenvalue weighted by atomic mass is 16.5. The lowest BCUT2D eigenvalue weighted by atomic mass is 10.1. The molecule has 2 aromatic rings. The SMILES string of the molecule is Nc1ccc(OCC(N)c2ccccc2)cc1N. The Morgan fingerprint density at radius 2 is 1.67 bits per heavy atom. The van der Waals surface area contributed by atoms with E-state index < -0.39 is 0 Å². The van der Waals surface area contributed by atoms with Crippen molar-refractivity contribution in [2.45, 2.75) is 6.04 Å². The Morgan fingerprint density at radius 3 is 2.33 bits per heavy atom. The zero-order valence-electron chi connectivity index (χ0n) is 10.0. The lowest BCUT2D eigenvalue weighted by Gasteiger charge is -2.14. The molecular weight excluding hydrogens is 226 g/mol. The van der Waals surface area contributed by atoms with Crippen LogP contribution in [0.15, 0.2) is 48.5 Å². The van der Waals surface area contributed by atoms with E-state index in [0.29, 0.717) is 23.7 Å². The van der Waals surface area contributed by atoms with Gasteiger partial charge in [0.15, 0.2) is 0 Å². The Bertz CT molecular complexity index is 514. The van der Waals surface area contributed by atoms with Gasteiger partial charge in [0.2, 0.25) is 0 Å². The fourth-order valence-corrected chi connectivity index (χ4v) is 1.63. The van der Waals surface area contributed by atoms with Gasteiger partial charge in [-0.25, -0.2) is 0 Å². The molecule has 0 fully saturated rings. The first-order chi connectivity index (χ1) is 8.66. The van der Waals surface area contributed by atoms with Crippen LogP contribution in [0.2, 0.25) is 0 Å². The van der Waals surface area contributed by atoms with Gasteiger partial charge in [-0.1, -0.05) is 30.3 Å².